The first-order valence-corrected chi connectivity index (χ1v) is 11.5. The topological polar surface area (TPSA) is 86.8 Å². The van der Waals surface area contributed by atoms with E-state index < -0.39 is 0 Å². The van der Waals surface area contributed by atoms with Crippen LogP contribution >= 0.6 is 0 Å². The molecule has 3 aliphatic rings. The number of unbranched alkanes of at least 4 members (excludes halogenated alkanes) is 2. The van der Waals surface area contributed by atoms with Crippen LogP contribution in [0.5, 0.6) is 0 Å². The zero-order valence-electron chi connectivity index (χ0n) is 18.1. The van der Waals surface area contributed by atoms with Gasteiger partial charge < -0.3 is 10.2 Å². The average molecular weight is 418 g/mol. The first-order chi connectivity index (χ1) is 14.4. The number of imide groups is 1. The number of rotatable bonds is 9. The summed E-state index contributed by atoms with van der Waals surface area (Å²) in [5, 5.41) is 3.04. The van der Waals surface area contributed by atoms with Crippen LogP contribution in [0.3, 0.4) is 0 Å². The molecule has 2 heterocycles. The molecular formula is C23H35N3O4. The summed E-state index contributed by atoms with van der Waals surface area (Å²) in [6, 6.07) is 0. The second-order valence-corrected chi connectivity index (χ2v) is 9.17. The summed E-state index contributed by atoms with van der Waals surface area (Å²) in [4.78, 5) is 51.2. The summed E-state index contributed by atoms with van der Waals surface area (Å²) in [7, 11) is 0. The van der Waals surface area contributed by atoms with E-state index in [4.69, 9.17) is 0 Å². The largest absolute Gasteiger partial charge is 0.356 e. The molecule has 1 aliphatic carbocycles. The van der Waals surface area contributed by atoms with Gasteiger partial charge >= 0.3 is 0 Å². The van der Waals surface area contributed by atoms with Crippen molar-refractivity contribution in [1.82, 2.24) is 15.1 Å². The minimum absolute atomic E-state index is 0.0306. The molecule has 1 N–H and O–H groups in total. The van der Waals surface area contributed by atoms with Crippen LogP contribution in [0.2, 0.25) is 0 Å². The molecule has 2 fully saturated rings. The van der Waals surface area contributed by atoms with Crippen molar-refractivity contribution >= 4 is 23.6 Å². The predicted molar refractivity (Wildman–Crippen MR) is 113 cm³/mol. The Bertz CT molecular complexity index is 664. The molecule has 7 nitrogen and oxygen atoms in total. The van der Waals surface area contributed by atoms with Crippen molar-refractivity contribution < 1.29 is 19.2 Å². The van der Waals surface area contributed by atoms with Gasteiger partial charge in [0.2, 0.25) is 11.8 Å². The third-order valence-corrected chi connectivity index (χ3v) is 6.70. The van der Waals surface area contributed by atoms with Crippen molar-refractivity contribution in [2.24, 2.45) is 17.8 Å². The molecule has 7 heteroatoms. The van der Waals surface area contributed by atoms with Crippen LogP contribution in [0.4, 0.5) is 0 Å². The molecule has 166 valence electrons. The highest BCUT2D eigenvalue weighted by molar-refractivity contribution is 6.12. The molecule has 0 bridgehead atoms. The second-order valence-electron chi connectivity index (χ2n) is 9.17. The van der Waals surface area contributed by atoms with E-state index in [9.17, 15) is 19.2 Å². The molecule has 3 rings (SSSR count). The summed E-state index contributed by atoms with van der Waals surface area (Å²) < 4.78 is 0. The number of hydrogen-bond donors (Lipinski definition) is 1. The average Bonchev–Trinajstić information content (AvgIpc) is 3.31. The molecule has 4 amide bonds. The van der Waals surface area contributed by atoms with Crippen molar-refractivity contribution in [2.45, 2.75) is 64.7 Å². The third kappa shape index (κ3) is 6.16. The maximum absolute atomic E-state index is 12.4. The van der Waals surface area contributed by atoms with Crippen LogP contribution in [0, 0.1) is 17.8 Å². The van der Waals surface area contributed by atoms with Gasteiger partial charge in [-0.15, -0.1) is 0 Å². The molecular weight excluding hydrogens is 382 g/mol. The number of likely N-dealkylation sites (tertiary alicyclic amines) is 1. The van der Waals surface area contributed by atoms with Gasteiger partial charge in [-0.2, -0.15) is 0 Å². The van der Waals surface area contributed by atoms with Crippen LogP contribution in [-0.4, -0.2) is 59.6 Å². The lowest BCUT2D eigenvalue weighted by Crippen LogP contribution is -2.38. The molecule has 1 atom stereocenters. The lowest BCUT2D eigenvalue weighted by atomic mass is 9.81. The van der Waals surface area contributed by atoms with E-state index in [0.29, 0.717) is 25.4 Å². The van der Waals surface area contributed by atoms with Crippen LogP contribution < -0.4 is 5.32 Å². The molecule has 1 saturated heterocycles. The van der Waals surface area contributed by atoms with E-state index in [2.05, 4.69) is 12.2 Å². The SMILES string of the molecule is CC1CCN(C(=O)CCCCCNC(=O)C2CCC(CN3C(=O)C=CC3=O)CC2)C1. The molecule has 0 radical (unpaired) electrons. The van der Waals surface area contributed by atoms with Gasteiger partial charge in [-0.25, -0.2) is 0 Å². The van der Waals surface area contributed by atoms with Crippen LogP contribution in [0.1, 0.15) is 64.7 Å². The summed E-state index contributed by atoms with van der Waals surface area (Å²) in [6.45, 7) is 5.12. The Morgan fingerprint density at radius 1 is 1.00 bits per heavy atom. The number of nitrogens with one attached hydrogen (secondary N) is 1. The maximum Gasteiger partial charge on any atom is 0.253 e. The van der Waals surface area contributed by atoms with Gasteiger partial charge in [0.15, 0.2) is 0 Å². The summed E-state index contributed by atoms with van der Waals surface area (Å²) in [5.41, 5.74) is 0. The van der Waals surface area contributed by atoms with E-state index in [1.54, 1.807) is 0 Å². The zero-order valence-corrected chi connectivity index (χ0v) is 18.1. The molecule has 0 aromatic heterocycles. The smallest absolute Gasteiger partial charge is 0.253 e. The second kappa shape index (κ2) is 10.7. The first kappa shape index (κ1) is 22.5. The van der Waals surface area contributed by atoms with Gasteiger partial charge in [0.25, 0.3) is 11.8 Å². The van der Waals surface area contributed by atoms with Gasteiger partial charge in [0.1, 0.15) is 0 Å². The Kier molecular flexibility index (Phi) is 8.05. The zero-order chi connectivity index (χ0) is 21.5. The number of amides is 4. The van der Waals surface area contributed by atoms with Crippen molar-refractivity contribution in [3.8, 4) is 0 Å². The fourth-order valence-corrected chi connectivity index (χ4v) is 4.73. The molecule has 0 aromatic rings. The van der Waals surface area contributed by atoms with Gasteiger partial charge in [-0.05, 0) is 56.8 Å². The van der Waals surface area contributed by atoms with Crippen LogP contribution in [0.15, 0.2) is 12.2 Å². The van der Waals surface area contributed by atoms with Crippen molar-refractivity contribution in [3.63, 3.8) is 0 Å². The maximum atomic E-state index is 12.4. The molecule has 30 heavy (non-hydrogen) atoms. The van der Waals surface area contributed by atoms with Gasteiger partial charge in [-0.3, -0.25) is 24.1 Å². The summed E-state index contributed by atoms with van der Waals surface area (Å²) >= 11 is 0. The Hall–Kier alpha value is -2.18. The molecule has 1 saturated carbocycles. The minimum atomic E-state index is -0.225. The highest BCUT2D eigenvalue weighted by Crippen LogP contribution is 2.30. The van der Waals surface area contributed by atoms with Gasteiger partial charge in [-0.1, -0.05) is 13.3 Å². The van der Waals surface area contributed by atoms with Crippen molar-refractivity contribution in [1.29, 1.82) is 0 Å². The molecule has 2 aliphatic heterocycles. The highest BCUT2D eigenvalue weighted by Gasteiger charge is 2.31. The van der Waals surface area contributed by atoms with Crippen molar-refractivity contribution in [2.75, 3.05) is 26.2 Å². The lowest BCUT2D eigenvalue weighted by molar-refractivity contribution is -0.138. The quantitative estimate of drug-likeness (QED) is 0.461. The van der Waals surface area contributed by atoms with E-state index in [1.807, 2.05) is 4.90 Å². The Morgan fingerprint density at radius 3 is 2.33 bits per heavy atom. The molecule has 0 aromatic carbocycles. The Labute approximate surface area is 179 Å². The van der Waals surface area contributed by atoms with E-state index >= 15 is 0 Å². The normalized spacial score (nSPS) is 26.5. The van der Waals surface area contributed by atoms with Crippen molar-refractivity contribution in [3.05, 3.63) is 12.2 Å². The minimum Gasteiger partial charge on any atom is -0.356 e. The van der Waals surface area contributed by atoms with Gasteiger partial charge in [0.05, 0.1) is 0 Å². The van der Waals surface area contributed by atoms with E-state index in [0.717, 1.165) is 64.5 Å². The van der Waals surface area contributed by atoms with Crippen LogP contribution in [-0.2, 0) is 19.2 Å². The fraction of sp³-hybridized carbons (Fsp3) is 0.739. The first-order valence-electron chi connectivity index (χ1n) is 11.5. The number of nitrogens with zero attached hydrogens (tertiary/aromatic N) is 2. The predicted octanol–water partition coefficient (Wildman–Crippen LogP) is 2.26. The highest BCUT2D eigenvalue weighted by atomic mass is 16.2. The summed E-state index contributed by atoms with van der Waals surface area (Å²) in [5.74, 6) is 0.884. The fourth-order valence-electron chi connectivity index (χ4n) is 4.73. The standard InChI is InChI=1S/C23H35N3O4/c1-17-12-14-25(15-17)20(27)5-3-2-4-13-24-23(30)19-8-6-18(7-9-19)16-26-21(28)10-11-22(26)29/h10-11,17-19H,2-9,12-16H2,1H3,(H,24,30). The summed E-state index contributed by atoms with van der Waals surface area (Å²) in [6.07, 6.45) is 10.5. The number of carbonyl (C=O) groups is 4. The van der Waals surface area contributed by atoms with E-state index in [1.165, 1.54) is 17.1 Å². The third-order valence-electron chi connectivity index (χ3n) is 6.70. The van der Waals surface area contributed by atoms with E-state index in [-0.39, 0.29) is 35.5 Å². The number of carbonyl (C=O) groups excluding carboxylic acids is 4. The van der Waals surface area contributed by atoms with Gasteiger partial charge in [0, 0.05) is 50.7 Å². The number of hydrogen-bond acceptors (Lipinski definition) is 4. The molecule has 1 unspecified atom stereocenters. The van der Waals surface area contributed by atoms with Crippen LogP contribution in [0.25, 0.3) is 0 Å². The monoisotopic (exact) mass is 417 g/mol. The lowest BCUT2D eigenvalue weighted by Gasteiger charge is -2.30. The molecule has 0 spiro atoms. The Morgan fingerprint density at radius 2 is 1.70 bits per heavy atom. The Balaban J connectivity index is 1.23.